The third-order valence-electron chi connectivity index (χ3n) is 15.7. The van der Waals surface area contributed by atoms with E-state index in [2.05, 4.69) is 59.9 Å². The van der Waals surface area contributed by atoms with Gasteiger partial charge in [-0.05, 0) is 203 Å². The molecule has 0 spiro atoms. The van der Waals surface area contributed by atoms with Crippen LogP contribution in [-0.4, -0.2) is 239 Å². The molecule has 6 unspecified atom stereocenters. The van der Waals surface area contributed by atoms with Crippen LogP contribution in [0.1, 0.15) is 55.2 Å². The minimum atomic E-state index is -3.58. The molecule has 0 aromatic heterocycles. The van der Waals surface area contributed by atoms with E-state index in [4.69, 9.17) is 76.1 Å². The van der Waals surface area contributed by atoms with Crippen LogP contribution >= 0.6 is 26.2 Å². The molecule has 9 rings (SSSR count). The highest BCUT2D eigenvalue weighted by Crippen LogP contribution is 2.62. The van der Waals surface area contributed by atoms with E-state index < -0.39 is 26.2 Å². The maximum absolute atomic E-state index is 6.63. The van der Waals surface area contributed by atoms with Gasteiger partial charge in [-0.1, -0.05) is 0 Å². The zero-order valence-corrected chi connectivity index (χ0v) is 55.7. The monoisotopic (exact) mass is 1290 g/mol. The van der Waals surface area contributed by atoms with E-state index in [-0.39, 0.29) is 0 Å². The van der Waals surface area contributed by atoms with Crippen molar-refractivity contribution in [3.05, 3.63) is 89.5 Å². The van der Waals surface area contributed by atoms with E-state index in [0.29, 0.717) is 17.2 Å². The lowest BCUT2D eigenvalue weighted by atomic mass is 10.2. The average Bonchev–Trinajstić information content (AvgIpc) is 3.59. The molecule has 6 N–H and O–H groups in total. The second kappa shape index (κ2) is 32.2. The van der Waals surface area contributed by atoms with Gasteiger partial charge in [0.15, 0.2) is 19.5 Å². The molecule has 21 nitrogen and oxygen atoms in total. The zero-order valence-electron chi connectivity index (χ0n) is 48.9. The van der Waals surface area contributed by atoms with Gasteiger partial charge in [0.25, 0.3) is 0 Å². The summed E-state index contributed by atoms with van der Waals surface area (Å²) in [4.78, 5) is 0. The number of nitrogens with zero attached hydrogens (tertiary/aromatic N) is 12. The van der Waals surface area contributed by atoms with Gasteiger partial charge in [-0.2, -0.15) is 15.3 Å². The molecule has 0 aliphatic carbocycles. The highest BCUT2D eigenvalue weighted by atomic mass is 32.5. The van der Waals surface area contributed by atoms with Gasteiger partial charge in [0.1, 0.15) is 17.2 Å². The Balaban J connectivity index is 0.902. The molecular weight excluding hydrogens is 1200 g/mol. The van der Waals surface area contributed by atoms with Crippen LogP contribution in [0.2, 0.25) is 0 Å². The number of benzene rings is 3. The van der Waals surface area contributed by atoms with Crippen molar-refractivity contribution in [1.82, 2.24) is 74.3 Å². The summed E-state index contributed by atoms with van der Waals surface area (Å²) in [5.41, 5.74) is 2.69. The number of fused-ring (bicyclic) bond motifs is 6. The number of nitrogens with one attached hydrogen (secondary N) is 6. The van der Waals surface area contributed by atoms with Gasteiger partial charge in [0, 0.05) is 151 Å². The Morgan fingerprint density at radius 3 is 0.771 bits per heavy atom. The fourth-order valence-corrected chi connectivity index (χ4v) is 24.8. The summed E-state index contributed by atoms with van der Waals surface area (Å²) in [6, 6.07) is 23.1. The maximum atomic E-state index is 6.63. The molecule has 0 radical (unpaired) electrons. The van der Waals surface area contributed by atoms with Crippen LogP contribution in [0.25, 0.3) is 0 Å². The number of hydrogen-bond acceptors (Lipinski definition) is 16. The van der Waals surface area contributed by atoms with Crippen molar-refractivity contribution in [3.8, 4) is 17.2 Å². The molecule has 6 aliphatic rings. The highest BCUT2D eigenvalue weighted by molar-refractivity contribution is 8.12. The van der Waals surface area contributed by atoms with Crippen molar-refractivity contribution < 1.29 is 13.6 Å². The van der Waals surface area contributed by atoms with Gasteiger partial charge < -0.3 is 45.5 Å². The first-order chi connectivity index (χ1) is 40.4. The minimum Gasteiger partial charge on any atom is -0.407 e. The molecule has 29 heteroatoms. The smallest absolute Gasteiger partial charge is 0.407 e. The van der Waals surface area contributed by atoms with Gasteiger partial charge >= 0.3 is 6.72 Å². The Bertz CT molecular complexity index is 2430. The Morgan fingerprint density at radius 1 is 0.361 bits per heavy atom. The molecule has 0 amide bonds. The molecule has 458 valence electrons. The minimum absolute atomic E-state index is 0.505. The fraction of sp³-hybridized carbons (Fsp3) is 0.611. The van der Waals surface area contributed by atoms with Gasteiger partial charge in [-0.3, -0.25) is 0 Å². The SMILES string of the molecule is CN(/N=C/c1ccc(OP(=S)(Oc2ccc(/C=N/N(C)P3(=S)N4CCCNCCNCCCN3CC4)cc2)Oc2ccc(/C=N/N(C)P3(=S)N4CCCNCCNCCCN3CC4)cc2)cc1)P1(=S)N2CCCNCCNCCCN1CC2. The molecule has 6 bridgehead atoms. The van der Waals surface area contributed by atoms with Crippen LogP contribution in [0.3, 0.4) is 0 Å². The normalized spacial score (nSPS) is 31.1. The van der Waals surface area contributed by atoms with E-state index in [1.807, 2.05) is 127 Å². The number of hydrogen-bond donors (Lipinski definition) is 6. The molecule has 3 aromatic carbocycles. The summed E-state index contributed by atoms with van der Waals surface area (Å²) in [6.07, 6.45) is 11.9. The number of rotatable bonds is 15. The first kappa shape index (κ1) is 65.0. The van der Waals surface area contributed by atoms with Gasteiger partial charge in [0.2, 0.25) is 0 Å². The summed E-state index contributed by atoms with van der Waals surface area (Å²) in [5.74, 6) is 1.51. The first-order valence-electron chi connectivity index (χ1n) is 29.8. The van der Waals surface area contributed by atoms with Crippen LogP contribution in [0.5, 0.6) is 17.2 Å². The van der Waals surface area contributed by atoms with E-state index in [9.17, 15) is 0 Å². The van der Waals surface area contributed by atoms with Gasteiger partial charge in [-0.15, -0.1) is 0 Å². The van der Waals surface area contributed by atoms with Crippen molar-refractivity contribution in [2.75, 3.05) is 178 Å². The molecular formula is C54H90N18O3P4S4. The summed E-state index contributed by atoms with van der Waals surface area (Å²) in [7, 11) is 6.09. The van der Waals surface area contributed by atoms with Crippen LogP contribution < -0.4 is 45.5 Å². The third kappa shape index (κ3) is 17.5. The molecule has 6 saturated heterocycles. The molecule has 6 aliphatic heterocycles. The lowest BCUT2D eigenvalue weighted by Gasteiger charge is -2.39. The Hall–Kier alpha value is -2.41. The topological polar surface area (TPSA) is 166 Å². The lowest BCUT2D eigenvalue weighted by molar-refractivity contribution is 0.384. The quantitative estimate of drug-likeness (QED) is 0.0624. The summed E-state index contributed by atoms with van der Waals surface area (Å²) >= 11 is 26.0. The second-order valence-electron chi connectivity index (χ2n) is 21.5. The highest BCUT2D eigenvalue weighted by Gasteiger charge is 2.44. The molecule has 6 atom stereocenters. The van der Waals surface area contributed by atoms with Gasteiger partial charge in [-0.25, -0.2) is 42.4 Å². The molecule has 6 heterocycles. The second-order valence-corrected chi connectivity index (χ2v) is 36.9. The summed E-state index contributed by atoms with van der Waals surface area (Å²) < 4.78 is 41.0. The van der Waals surface area contributed by atoms with Crippen molar-refractivity contribution in [2.45, 2.75) is 38.5 Å². The standard InChI is InChI=1S/C54H90N18O3P4S4/c1-64(76(80)67-34-4-22-55-28-29-56-23-5-35-68(76)41-40-67)61-46-49-10-16-52(17-11-49)73-79(83,74-53-18-12-50(13-19-53)47-62-65(2)77(81)69-36-6-24-57-30-31-58-25-7-37-70(77)43-42-69)75-54-20-14-51(15-21-54)48-63-66(3)78(82)71-38-8-26-59-32-33-60-27-9-39-72(78)45-44-71/h10-21,46-48,55-60H,4-9,22-45H2,1-3H3/b61-46+,62-47+,63-48+. The van der Waals surface area contributed by atoms with Crippen molar-refractivity contribution >= 4 is 92.1 Å². The Morgan fingerprint density at radius 2 is 0.566 bits per heavy atom. The first-order valence-corrected chi connectivity index (χ1v) is 40.3. The predicted octanol–water partition coefficient (Wildman–Crippen LogP) is 5.69. The van der Waals surface area contributed by atoms with E-state index in [1.54, 1.807) is 0 Å². The Kier molecular flexibility index (Phi) is 25.2. The van der Waals surface area contributed by atoms with Gasteiger partial charge in [0.05, 0.1) is 18.6 Å². The van der Waals surface area contributed by atoms with Crippen LogP contribution in [0.4, 0.5) is 0 Å². The lowest BCUT2D eigenvalue weighted by Crippen LogP contribution is -2.30. The van der Waals surface area contributed by atoms with Crippen molar-refractivity contribution in [2.24, 2.45) is 15.3 Å². The third-order valence-corrected chi connectivity index (χ3v) is 33.3. The van der Waals surface area contributed by atoms with Crippen molar-refractivity contribution in [1.29, 1.82) is 0 Å². The maximum Gasteiger partial charge on any atom is 0.490 e. The zero-order chi connectivity index (χ0) is 58.0. The predicted molar refractivity (Wildman–Crippen MR) is 359 cm³/mol. The number of hydrazone groups is 3. The van der Waals surface area contributed by atoms with Crippen molar-refractivity contribution in [3.63, 3.8) is 0 Å². The van der Waals surface area contributed by atoms with E-state index >= 15 is 0 Å². The largest absolute Gasteiger partial charge is 0.490 e. The molecule has 6 fully saturated rings. The molecule has 0 saturated carbocycles. The average molecular weight is 1290 g/mol. The molecule has 3 aromatic rings. The Labute approximate surface area is 515 Å². The summed E-state index contributed by atoms with van der Waals surface area (Å²) in [5, 5.41) is 36.4. The van der Waals surface area contributed by atoms with Crippen LogP contribution in [0, 0.1) is 0 Å². The summed E-state index contributed by atoms with van der Waals surface area (Å²) in [6.45, 7) is 12.7. The van der Waals surface area contributed by atoms with E-state index in [0.717, 1.165) is 212 Å². The van der Waals surface area contributed by atoms with Crippen LogP contribution in [-0.2, 0) is 47.2 Å². The molecule has 83 heavy (non-hydrogen) atoms. The van der Waals surface area contributed by atoms with E-state index in [1.165, 1.54) is 0 Å². The van der Waals surface area contributed by atoms with Crippen LogP contribution in [0.15, 0.2) is 88.1 Å². The fourth-order valence-electron chi connectivity index (χ4n) is 11.1.